The molecule has 3 rings (SSSR count). The summed E-state index contributed by atoms with van der Waals surface area (Å²) in [5, 5.41) is 2.96. The standard InChI is InChI=1S/C19H19N3O5S/c1-12-3-7-15(8-4-12)22-18(24)11-17(19(22)25)20-14-5-9-16(10-6-14)28(26,27)21-13(2)23/h3-10,17,20H,11H2,1-2H3,(H,21,23)/t17-/m0/s1. The summed E-state index contributed by atoms with van der Waals surface area (Å²) in [7, 11) is -3.93. The molecule has 3 amide bonds. The fourth-order valence-electron chi connectivity index (χ4n) is 2.89. The lowest BCUT2D eigenvalue weighted by molar-refractivity contribution is -0.121. The summed E-state index contributed by atoms with van der Waals surface area (Å²) in [5.74, 6) is -1.37. The lowest BCUT2D eigenvalue weighted by atomic mass is 10.2. The van der Waals surface area contributed by atoms with E-state index in [1.807, 2.05) is 23.8 Å². The predicted molar refractivity (Wildman–Crippen MR) is 103 cm³/mol. The van der Waals surface area contributed by atoms with Gasteiger partial charge in [-0.3, -0.25) is 14.4 Å². The number of carbonyl (C=O) groups is 3. The van der Waals surface area contributed by atoms with Crippen molar-refractivity contribution in [1.29, 1.82) is 0 Å². The summed E-state index contributed by atoms with van der Waals surface area (Å²) < 4.78 is 25.8. The summed E-state index contributed by atoms with van der Waals surface area (Å²) in [6.45, 7) is 3.02. The summed E-state index contributed by atoms with van der Waals surface area (Å²) in [6.07, 6.45) is -0.00134. The molecule has 9 heteroatoms. The highest BCUT2D eigenvalue weighted by molar-refractivity contribution is 7.90. The average Bonchev–Trinajstić information content (AvgIpc) is 2.89. The number of sulfonamides is 1. The molecular formula is C19H19N3O5S. The minimum atomic E-state index is -3.93. The molecule has 8 nitrogen and oxygen atoms in total. The maximum absolute atomic E-state index is 12.7. The van der Waals surface area contributed by atoms with Crippen LogP contribution in [-0.2, 0) is 24.4 Å². The zero-order valence-electron chi connectivity index (χ0n) is 15.3. The summed E-state index contributed by atoms with van der Waals surface area (Å²) in [6, 6.07) is 11.9. The van der Waals surface area contributed by atoms with Gasteiger partial charge in [0, 0.05) is 12.6 Å². The second kappa shape index (κ2) is 7.43. The molecule has 0 radical (unpaired) electrons. The number of rotatable bonds is 5. The number of anilines is 2. The summed E-state index contributed by atoms with van der Waals surface area (Å²) in [4.78, 5) is 37.0. The van der Waals surface area contributed by atoms with Crippen LogP contribution in [-0.4, -0.2) is 32.2 Å². The third-order valence-corrected chi connectivity index (χ3v) is 5.67. The molecular weight excluding hydrogens is 382 g/mol. The first-order chi connectivity index (χ1) is 13.2. The lowest BCUT2D eigenvalue weighted by Gasteiger charge is -2.16. The van der Waals surface area contributed by atoms with Gasteiger partial charge in [0.05, 0.1) is 17.0 Å². The van der Waals surface area contributed by atoms with Crippen LogP contribution in [0.25, 0.3) is 0 Å². The highest BCUT2D eigenvalue weighted by atomic mass is 32.2. The second-order valence-corrected chi connectivity index (χ2v) is 8.17. The fourth-order valence-corrected chi connectivity index (χ4v) is 3.88. The molecule has 146 valence electrons. The molecule has 28 heavy (non-hydrogen) atoms. The van der Waals surface area contributed by atoms with E-state index in [1.165, 1.54) is 24.3 Å². The largest absolute Gasteiger partial charge is 0.373 e. The van der Waals surface area contributed by atoms with E-state index in [9.17, 15) is 22.8 Å². The molecule has 2 N–H and O–H groups in total. The average molecular weight is 401 g/mol. The van der Waals surface area contributed by atoms with E-state index in [2.05, 4.69) is 5.32 Å². The highest BCUT2D eigenvalue weighted by Gasteiger charge is 2.39. The Balaban J connectivity index is 1.74. The van der Waals surface area contributed by atoms with Crippen molar-refractivity contribution in [3.05, 3.63) is 54.1 Å². The Morgan fingerprint density at radius 2 is 1.64 bits per heavy atom. The number of nitrogens with zero attached hydrogens (tertiary/aromatic N) is 1. The van der Waals surface area contributed by atoms with Gasteiger partial charge in [0.1, 0.15) is 6.04 Å². The molecule has 0 saturated carbocycles. The minimum Gasteiger partial charge on any atom is -0.373 e. The Labute approximate surface area is 162 Å². The minimum absolute atomic E-state index is 0.00134. The van der Waals surface area contributed by atoms with Crippen LogP contribution < -0.4 is 14.9 Å². The second-order valence-electron chi connectivity index (χ2n) is 6.49. The molecule has 0 bridgehead atoms. The molecule has 0 aliphatic carbocycles. The van der Waals surface area contributed by atoms with Crippen molar-refractivity contribution in [3.63, 3.8) is 0 Å². The van der Waals surface area contributed by atoms with Gasteiger partial charge in [0.2, 0.25) is 11.8 Å². The Morgan fingerprint density at radius 3 is 2.21 bits per heavy atom. The topological polar surface area (TPSA) is 113 Å². The van der Waals surface area contributed by atoms with E-state index < -0.39 is 22.0 Å². The van der Waals surface area contributed by atoms with Crippen molar-refractivity contribution < 1.29 is 22.8 Å². The van der Waals surface area contributed by atoms with Crippen molar-refractivity contribution >= 4 is 39.1 Å². The smallest absolute Gasteiger partial charge is 0.264 e. The Morgan fingerprint density at radius 1 is 1.04 bits per heavy atom. The number of imide groups is 1. The molecule has 1 atom stereocenters. The van der Waals surface area contributed by atoms with Crippen molar-refractivity contribution in [2.75, 3.05) is 10.2 Å². The molecule has 2 aromatic rings. The van der Waals surface area contributed by atoms with E-state index in [0.29, 0.717) is 11.4 Å². The van der Waals surface area contributed by atoms with Gasteiger partial charge >= 0.3 is 0 Å². The van der Waals surface area contributed by atoms with Gasteiger partial charge in [-0.2, -0.15) is 0 Å². The fraction of sp³-hybridized carbons (Fsp3) is 0.211. The quantitative estimate of drug-likeness (QED) is 0.736. The van der Waals surface area contributed by atoms with Crippen LogP contribution in [0.15, 0.2) is 53.4 Å². The number of amides is 3. The summed E-state index contributed by atoms with van der Waals surface area (Å²) in [5.41, 5.74) is 2.02. The maximum atomic E-state index is 12.7. The zero-order chi connectivity index (χ0) is 20.5. The molecule has 1 heterocycles. The first kappa shape index (κ1) is 19.6. The van der Waals surface area contributed by atoms with Gasteiger partial charge in [0.15, 0.2) is 0 Å². The maximum Gasteiger partial charge on any atom is 0.264 e. The molecule has 0 aromatic heterocycles. The van der Waals surface area contributed by atoms with Crippen LogP contribution in [0.5, 0.6) is 0 Å². The molecule has 1 fully saturated rings. The Kier molecular flexibility index (Phi) is 5.19. The van der Waals surface area contributed by atoms with Crippen LogP contribution in [0.3, 0.4) is 0 Å². The van der Waals surface area contributed by atoms with Crippen LogP contribution >= 0.6 is 0 Å². The van der Waals surface area contributed by atoms with Crippen LogP contribution in [0.2, 0.25) is 0 Å². The van der Waals surface area contributed by atoms with E-state index in [0.717, 1.165) is 17.4 Å². The van der Waals surface area contributed by atoms with Crippen molar-refractivity contribution in [1.82, 2.24) is 4.72 Å². The molecule has 1 aliphatic heterocycles. The van der Waals surface area contributed by atoms with Crippen LogP contribution in [0.4, 0.5) is 11.4 Å². The van der Waals surface area contributed by atoms with Gasteiger partial charge in [-0.25, -0.2) is 18.0 Å². The van der Waals surface area contributed by atoms with Crippen LogP contribution in [0.1, 0.15) is 18.9 Å². The molecule has 0 spiro atoms. The number of carbonyl (C=O) groups excluding carboxylic acids is 3. The third-order valence-electron chi connectivity index (χ3n) is 4.22. The van der Waals surface area contributed by atoms with E-state index >= 15 is 0 Å². The molecule has 1 saturated heterocycles. The first-order valence-electron chi connectivity index (χ1n) is 8.51. The zero-order valence-corrected chi connectivity index (χ0v) is 16.1. The molecule has 0 unspecified atom stereocenters. The predicted octanol–water partition coefficient (Wildman–Crippen LogP) is 1.56. The van der Waals surface area contributed by atoms with Crippen molar-refractivity contribution in [3.8, 4) is 0 Å². The normalized spacial score (nSPS) is 16.9. The molecule has 2 aromatic carbocycles. The van der Waals surface area contributed by atoms with Gasteiger partial charge < -0.3 is 5.32 Å². The lowest BCUT2D eigenvalue weighted by Crippen LogP contribution is -2.34. The monoisotopic (exact) mass is 401 g/mol. The van der Waals surface area contributed by atoms with E-state index in [-0.39, 0.29) is 23.1 Å². The van der Waals surface area contributed by atoms with Gasteiger partial charge in [-0.1, -0.05) is 17.7 Å². The van der Waals surface area contributed by atoms with E-state index in [4.69, 9.17) is 0 Å². The summed E-state index contributed by atoms with van der Waals surface area (Å²) >= 11 is 0. The van der Waals surface area contributed by atoms with Gasteiger partial charge in [-0.15, -0.1) is 0 Å². The van der Waals surface area contributed by atoms with E-state index in [1.54, 1.807) is 12.1 Å². The number of benzene rings is 2. The third kappa shape index (κ3) is 4.04. The molecule has 1 aliphatic rings. The first-order valence-corrected chi connectivity index (χ1v) is 9.99. The number of aryl methyl sites for hydroxylation is 1. The number of hydrogen-bond donors (Lipinski definition) is 2. The van der Waals surface area contributed by atoms with Gasteiger partial charge in [0.25, 0.3) is 15.9 Å². The Hall–Kier alpha value is -3.20. The van der Waals surface area contributed by atoms with Crippen LogP contribution in [0, 0.1) is 6.92 Å². The van der Waals surface area contributed by atoms with Crippen molar-refractivity contribution in [2.45, 2.75) is 31.2 Å². The highest BCUT2D eigenvalue weighted by Crippen LogP contribution is 2.25. The number of hydrogen-bond acceptors (Lipinski definition) is 6. The number of nitrogens with one attached hydrogen (secondary N) is 2. The van der Waals surface area contributed by atoms with Crippen molar-refractivity contribution in [2.24, 2.45) is 0 Å². The SMILES string of the molecule is CC(=O)NS(=O)(=O)c1ccc(N[C@H]2CC(=O)N(c3ccc(C)cc3)C2=O)cc1. The Bertz CT molecular complexity index is 1030. The van der Waals surface area contributed by atoms with Gasteiger partial charge in [-0.05, 0) is 43.3 Å².